The van der Waals surface area contributed by atoms with Crippen LogP contribution >= 0.6 is 11.6 Å². The quantitative estimate of drug-likeness (QED) is 0.677. The van der Waals surface area contributed by atoms with Crippen LogP contribution in [-0.2, 0) is 4.74 Å². The normalized spacial score (nSPS) is 13.6. The molecule has 1 aromatic carbocycles. The fourth-order valence-corrected chi connectivity index (χ4v) is 2.07. The smallest absolute Gasteiger partial charge is 0.223 e. The summed E-state index contributed by atoms with van der Waals surface area (Å²) >= 11 is 5.78. The van der Waals surface area contributed by atoms with Crippen molar-refractivity contribution in [3.05, 3.63) is 47.1 Å². The molecule has 118 valence electrons. The Hall–Kier alpha value is -1.89. The number of hydrogen-bond donors (Lipinski definition) is 3. The molecule has 2 unspecified atom stereocenters. The number of aromatic nitrogens is 2. The molecule has 22 heavy (non-hydrogen) atoms. The first-order chi connectivity index (χ1) is 10.5. The van der Waals surface area contributed by atoms with E-state index < -0.39 is 6.10 Å². The third-order valence-electron chi connectivity index (χ3n) is 3.04. The second kappa shape index (κ2) is 7.93. The largest absolute Gasteiger partial charge is 0.389 e. The lowest BCUT2D eigenvalue weighted by Gasteiger charge is -2.17. The molecule has 2 aromatic rings. The summed E-state index contributed by atoms with van der Waals surface area (Å²) in [6.07, 6.45) is -0.763. The van der Waals surface area contributed by atoms with Crippen molar-refractivity contribution in [1.29, 1.82) is 0 Å². The second-order valence-electron chi connectivity index (χ2n) is 4.86. The Morgan fingerprint density at radius 2 is 2.05 bits per heavy atom. The Balaban J connectivity index is 1.77. The van der Waals surface area contributed by atoms with Crippen molar-refractivity contribution in [2.75, 3.05) is 24.2 Å². The van der Waals surface area contributed by atoms with E-state index in [1.54, 1.807) is 0 Å². The molecule has 0 spiro atoms. The summed E-state index contributed by atoms with van der Waals surface area (Å²) in [6.45, 7) is 2.42. The third-order valence-corrected chi connectivity index (χ3v) is 3.23. The molecule has 2 rings (SSSR count). The van der Waals surface area contributed by atoms with Gasteiger partial charge in [0, 0.05) is 12.6 Å². The first-order valence-electron chi connectivity index (χ1n) is 6.93. The van der Waals surface area contributed by atoms with Crippen LogP contribution in [0.25, 0.3) is 0 Å². The van der Waals surface area contributed by atoms with E-state index in [4.69, 9.17) is 22.1 Å². The fourth-order valence-electron chi connectivity index (χ4n) is 1.88. The summed E-state index contributed by atoms with van der Waals surface area (Å²) in [4.78, 5) is 7.73. The highest BCUT2D eigenvalue weighted by atomic mass is 35.5. The number of hydrogen-bond acceptors (Lipinski definition) is 6. The number of benzene rings is 1. The van der Waals surface area contributed by atoms with Crippen LogP contribution in [0.5, 0.6) is 0 Å². The average molecular weight is 323 g/mol. The number of anilines is 2. The highest BCUT2D eigenvalue weighted by molar-refractivity contribution is 6.29. The molecular weight excluding hydrogens is 304 g/mol. The van der Waals surface area contributed by atoms with Gasteiger partial charge in [0.05, 0.1) is 18.8 Å². The van der Waals surface area contributed by atoms with Crippen molar-refractivity contribution in [2.45, 2.75) is 19.1 Å². The highest BCUT2D eigenvalue weighted by Crippen LogP contribution is 2.16. The summed E-state index contributed by atoms with van der Waals surface area (Å²) in [5.41, 5.74) is 6.56. The number of nitrogen functional groups attached to an aromatic ring is 1. The Morgan fingerprint density at radius 1 is 1.32 bits per heavy atom. The van der Waals surface area contributed by atoms with Gasteiger partial charge in [-0.25, -0.2) is 4.98 Å². The molecule has 7 heteroatoms. The lowest BCUT2D eigenvalue weighted by Crippen LogP contribution is -2.26. The SMILES string of the molecule is CC(OCC(O)CNc1cc(Cl)nc(N)n1)c1ccccc1. The van der Waals surface area contributed by atoms with Crippen molar-refractivity contribution in [2.24, 2.45) is 0 Å². The molecule has 0 aliphatic rings. The summed E-state index contributed by atoms with van der Waals surface area (Å²) < 4.78 is 5.65. The van der Waals surface area contributed by atoms with Gasteiger partial charge >= 0.3 is 0 Å². The van der Waals surface area contributed by atoms with E-state index in [9.17, 15) is 5.11 Å². The molecule has 4 N–H and O–H groups in total. The molecule has 0 saturated carbocycles. The summed E-state index contributed by atoms with van der Waals surface area (Å²) in [6, 6.07) is 11.4. The molecule has 0 saturated heterocycles. The topological polar surface area (TPSA) is 93.3 Å². The second-order valence-corrected chi connectivity index (χ2v) is 5.24. The molecular formula is C15H19ClN4O2. The summed E-state index contributed by atoms with van der Waals surface area (Å²) in [7, 11) is 0. The third kappa shape index (κ3) is 5.14. The Morgan fingerprint density at radius 3 is 2.73 bits per heavy atom. The number of nitrogens with one attached hydrogen (secondary N) is 1. The van der Waals surface area contributed by atoms with Crippen molar-refractivity contribution in [1.82, 2.24) is 9.97 Å². The van der Waals surface area contributed by atoms with Crippen molar-refractivity contribution >= 4 is 23.4 Å². The van der Waals surface area contributed by atoms with Gasteiger partial charge in [0.15, 0.2) is 0 Å². The number of nitrogens with zero attached hydrogens (tertiary/aromatic N) is 2. The zero-order valence-electron chi connectivity index (χ0n) is 12.2. The summed E-state index contributed by atoms with van der Waals surface area (Å²) in [5.74, 6) is 0.547. The van der Waals surface area contributed by atoms with Gasteiger partial charge < -0.3 is 20.9 Å². The van der Waals surface area contributed by atoms with E-state index in [1.807, 2.05) is 37.3 Å². The van der Waals surface area contributed by atoms with Crippen LogP contribution in [0.15, 0.2) is 36.4 Å². The summed E-state index contributed by atoms with van der Waals surface area (Å²) in [5, 5.41) is 13.1. The molecule has 6 nitrogen and oxygen atoms in total. The van der Waals surface area contributed by atoms with Crippen LogP contribution in [0, 0.1) is 0 Å². The first-order valence-corrected chi connectivity index (χ1v) is 7.31. The molecule has 1 aromatic heterocycles. The van der Waals surface area contributed by atoms with Crippen molar-refractivity contribution < 1.29 is 9.84 Å². The van der Waals surface area contributed by atoms with Crippen LogP contribution in [0.2, 0.25) is 5.15 Å². The molecule has 1 heterocycles. The molecule has 0 fully saturated rings. The Labute approximate surface area is 134 Å². The number of halogens is 1. The van der Waals surface area contributed by atoms with Gasteiger partial charge in [-0.05, 0) is 12.5 Å². The van der Waals surface area contributed by atoms with Gasteiger partial charge in [0.2, 0.25) is 5.95 Å². The van der Waals surface area contributed by atoms with Crippen LogP contribution in [0.3, 0.4) is 0 Å². The molecule has 0 aliphatic carbocycles. The number of aliphatic hydroxyl groups is 1. The maximum Gasteiger partial charge on any atom is 0.223 e. The average Bonchev–Trinajstić information content (AvgIpc) is 2.50. The molecule has 2 atom stereocenters. The molecule has 0 aliphatic heterocycles. The highest BCUT2D eigenvalue weighted by Gasteiger charge is 2.10. The number of rotatable bonds is 7. The maximum atomic E-state index is 9.95. The minimum Gasteiger partial charge on any atom is -0.389 e. The Bertz CT molecular complexity index is 577. The van der Waals surface area contributed by atoms with Crippen LogP contribution < -0.4 is 11.1 Å². The maximum absolute atomic E-state index is 9.95. The predicted octanol–water partition coefficient (Wildman–Crippen LogP) is 2.26. The molecule has 0 radical (unpaired) electrons. The van der Waals surface area contributed by atoms with Crippen LogP contribution in [0.4, 0.5) is 11.8 Å². The van der Waals surface area contributed by atoms with Gasteiger partial charge in [0.1, 0.15) is 11.0 Å². The van der Waals surface area contributed by atoms with E-state index in [0.717, 1.165) is 5.56 Å². The first kappa shape index (κ1) is 16.5. The van der Waals surface area contributed by atoms with Gasteiger partial charge in [-0.15, -0.1) is 0 Å². The lowest BCUT2D eigenvalue weighted by atomic mass is 10.1. The number of ether oxygens (including phenoxy) is 1. The van der Waals surface area contributed by atoms with E-state index in [1.165, 1.54) is 6.07 Å². The van der Waals surface area contributed by atoms with Crippen LogP contribution in [-0.4, -0.2) is 34.3 Å². The predicted molar refractivity (Wildman–Crippen MR) is 86.8 cm³/mol. The van der Waals surface area contributed by atoms with Crippen LogP contribution in [0.1, 0.15) is 18.6 Å². The van der Waals surface area contributed by atoms with Crippen molar-refractivity contribution in [3.63, 3.8) is 0 Å². The zero-order chi connectivity index (χ0) is 15.9. The minimum absolute atomic E-state index is 0.0819. The Kier molecular flexibility index (Phi) is 5.94. The molecule has 0 bridgehead atoms. The van der Waals surface area contributed by atoms with E-state index in [0.29, 0.717) is 5.82 Å². The van der Waals surface area contributed by atoms with E-state index in [-0.39, 0.29) is 30.4 Å². The van der Waals surface area contributed by atoms with E-state index >= 15 is 0 Å². The monoisotopic (exact) mass is 322 g/mol. The number of nitrogens with two attached hydrogens (primary N) is 1. The van der Waals surface area contributed by atoms with E-state index in [2.05, 4.69) is 15.3 Å². The van der Waals surface area contributed by atoms with Gasteiger partial charge in [-0.2, -0.15) is 4.98 Å². The lowest BCUT2D eigenvalue weighted by molar-refractivity contribution is 0.00241. The van der Waals surface area contributed by atoms with Gasteiger partial charge in [-0.3, -0.25) is 0 Å². The van der Waals surface area contributed by atoms with Gasteiger partial charge in [-0.1, -0.05) is 41.9 Å². The fraction of sp³-hybridized carbons (Fsp3) is 0.333. The zero-order valence-corrected chi connectivity index (χ0v) is 13.0. The standard InChI is InChI=1S/C15H19ClN4O2/c1-10(11-5-3-2-4-6-11)22-9-12(21)8-18-14-7-13(16)19-15(17)20-14/h2-7,10,12,21H,8-9H2,1H3,(H3,17,18,19,20). The number of aliphatic hydroxyl groups excluding tert-OH is 1. The minimum atomic E-state index is -0.680. The molecule has 0 amide bonds. The van der Waals surface area contributed by atoms with Gasteiger partial charge in [0.25, 0.3) is 0 Å². The van der Waals surface area contributed by atoms with Crippen molar-refractivity contribution in [3.8, 4) is 0 Å².